The van der Waals surface area contributed by atoms with Gasteiger partial charge in [0.15, 0.2) is 0 Å². The first-order valence-corrected chi connectivity index (χ1v) is 8.17. The lowest BCUT2D eigenvalue weighted by molar-refractivity contribution is 0.0848. The van der Waals surface area contributed by atoms with Crippen LogP contribution < -0.4 is 16.4 Å². The summed E-state index contributed by atoms with van der Waals surface area (Å²) in [6.07, 6.45) is 1.42. The van der Waals surface area contributed by atoms with E-state index in [4.69, 9.17) is 4.74 Å². The molecule has 2 aromatic heterocycles. The molecule has 0 spiro atoms. The molecule has 2 aromatic rings. The number of hydrogen-bond donors (Lipinski definition) is 2. The third kappa shape index (κ3) is 4.75. The molecule has 9 heteroatoms. The van der Waals surface area contributed by atoms with Crippen LogP contribution in [-0.2, 0) is 11.3 Å². The van der Waals surface area contributed by atoms with Crippen molar-refractivity contribution in [2.24, 2.45) is 0 Å². The second-order valence-corrected chi connectivity index (χ2v) is 6.92. The largest absolute Gasteiger partial charge is 0.383 e. The Morgan fingerprint density at radius 2 is 1.96 bits per heavy atom. The zero-order valence-electron chi connectivity index (χ0n) is 12.2. The van der Waals surface area contributed by atoms with Crippen molar-refractivity contribution >= 4 is 39.1 Å². The molecule has 0 aliphatic carbocycles. The highest BCUT2D eigenvalue weighted by Crippen LogP contribution is 2.21. The molecule has 2 heterocycles. The van der Waals surface area contributed by atoms with Crippen LogP contribution in [0.15, 0.2) is 39.0 Å². The van der Waals surface area contributed by atoms with Gasteiger partial charge >= 0.3 is 0 Å². The summed E-state index contributed by atoms with van der Waals surface area (Å²) in [6.45, 7) is 0.695. The van der Waals surface area contributed by atoms with Crippen LogP contribution in [0, 0.1) is 0 Å². The topological polar surface area (TPSA) is 89.4 Å². The van der Waals surface area contributed by atoms with E-state index in [1.807, 2.05) is 0 Å². The van der Waals surface area contributed by atoms with E-state index in [9.17, 15) is 14.4 Å². The predicted octanol–water partition coefficient (Wildman–Crippen LogP) is 1.39. The summed E-state index contributed by atoms with van der Waals surface area (Å²) in [5.74, 6) is -0.929. The molecule has 0 bridgehead atoms. The number of aromatic nitrogens is 1. The first-order chi connectivity index (χ1) is 11.0. The summed E-state index contributed by atoms with van der Waals surface area (Å²) >= 11 is 4.51. The minimum Gasteiger partial charge on any atom is -0.383 e. The van der Waals surface area contributed by atoms with Crippen LogP contribution in [0.1, 0.15) is 20.0 Å². The van der Waals surface area contributed by atoms with Crippen molar-refractivity contribution in [1.82, 2.24) is 15.4 Å². The monoisotopic (exact) mass is 399 g/mol. The lowest BCUT2D eigenvalue weighted by atomic mass is 10.2. The van der Waals surface area contributed by atoms with Gasteiger partial charge in [0.2, 0.25) is 0 Å². The Labute approximate surface area is 144 Å². The van der Waals surface area contributed by atoms with Crippen LogP contribution in [0.25, 0.3) is 0 Å². The quantitative estimate of drug-likeness (QED) is 0.743. The van der Waals surface area contributed by atoms with Crippen molar-refractivity contribution in [3.8, 4) is 0 Å². The molecule has 0 saturated heterocycles. The maximum atomic E-state index is 12.0. The number of amides is 2. The molecule has 0 fully saturated rings. The third-order valence-electron chi connectivity index (χ3n) is 2.87. The first-order valence-electron chi connectivity index (χ1n) is 6.56. The van der Waals surface area contributed by atoms with Gasteiger partial charge in [-0.1, -0.05) is 0 Å². The zero-order valence-corrected chi connectivity index (χ0v) is 14.6. The molecule has 0 saturated carbocycles. The minimum atomic E-state index is -0.514. The highest BCUT2D eigenvalue weighted by atomic mass is 79.9. The van der Waals surface area contributed by atoms with E-state index in [1.165, 1.54) is 41.3 Å². The number of methoxy groups -OCH3 is 1. The smallest absolute Gasteiger partial charge is 0.279 e. The third-order valence-corrected chi connectivity index (χ3v) is 4.49. The van der Waals surface area contributed by atoms with Gasteiger partial charge in [0, 0.05) is 25.9 Å². The number of rotatable bonds is 5. The normalized spacial score (nSPS) is 10.3. The molecule has 2 amide bonds. The molecule has 0 aliphatic heterocycles. The number of thiophene rings is 1. The number of hydrogen-bond acceptors (Lipinski definition) is 5. The Bertz CT molecular complexity index is 771. The number of carbonyl (C=O) groups is 2. The first kappa shape index (κ1) is 17.4. The number of ether oxygens (including phenoxy) is 1. The number of nitrogens with one attached hydrogen (secondary N) is 2. The SMILES string of the molecule is COCCn1cc(C(=O)NNC(=O)c2ccc(Br)s2)ccc1=O. The van der Waals surface area contributed by atoms with Crippen molar-refractivity contribution in [1.29, 1.82) is 0 Å². The molecule has 7 nitrogen and oxygen atoms in total. The van der Waals surface area contributed by atoms with E-state index < -0.39 is 11.8 Å². The van der Waals surface area contributed by atoms with E-state index in [0.29, 0.717) is 18.0 Å². The number of carbonyl (C=O) groups excluding carboxylic acids is 2. The minimum absolute atomic E-state index is 0.230. The molecule has 122 valence electrons. The Kier molecular flexibility index (Phi) is 6.08. The standard InChI is InChI=1S/C14H14BrN3O4S/c1-22-7-6-18-8-9(2-5-12(18)19)13(20)16-17-14(21)10-3-4-11(15)23-10/h2-5,8H,6-7H2,1H3,(H,16,20)(H,17,21). The summed E-state index contributed by atoms with van der Waals surface area (Å²) in [4.78, 5) is 36.0. The van der Waals surface area contributed by atoms with Crippen molar-refractivity contribution in [3.63, 3.8) is 0 Å². The van der Waals surface area contributed by atoms with Gasteiger partial charge in [0.25, 0.3) is 17.4 Å². The number of nitrogens with zero attached hydrogens (tertiary/aromatic N) is 1. The van der Waals surface area contributed by atoms with Crippen LogP contribution >= 0.6 is 27.3 Å². The van der Waals surface area contributed by atoms with E-state index in [-0.39, 0.29) is 11.1 Å². The molecule has 0 aromatic carbocycles. The lowest BCUT2D eigenvalue weighted by Gasteiger charge is -2.09. The summed E-state index contributed by atoms with van der Waals surface area (Å²) < 4.78 is 7.10. The fourth-order valence-electron chi connectivity index (χ4n) is 1.71. The van der Waals surface area contributed by atoms with Gasteiger partial charge in [0.1, 0.15) is 0 Å². The number of halogens is 1. The van der Waals surface area contributed by atoms with Crippen LogP contribution in [0.2, 0.25) is 0 Å². The molecule has 0 aliphatic rings. The Morgan fingerprint density at radius 1 is 1.22 bits per heavy atom. The maximum Gasteiger partial charge on any atom is 0.279 e. The molecule has 23 heavy (non-hydrogen) atoms. The van der Waals surface area contributed by atoms with Crippen molar-refractivity contribution in [3.05, 3.63) is 55.0 Å². The summed E-state index contributed by atoms with van der Waals surface area (Å²) in [6, 6.07) is 6.08. The molecule has 2 rings (SSSR count). The van der Waals surface area contributed by atoms with Crippen LogP contribution in [0.5, 0.6) is 0 Å². The maximum absolute atomic E-state index is 12.0. The summed E-state index contributed by atoms with van der Waals surface area (Å²) in [5.41, 5.74) is 4.67. The second-order valence-electron chi connectivity index (χ2n) is 4.45. The van der Waals surface area contributed by atoms with Gasteiger partial charge < -0.3 is 9.30 Å². The average molecular weight is 400 g/mol. The average Bonchev–Trinajstić information content (AvgIpc) is 2.98. The molecule has 0 radical (unpaired) electrons. The number of hydrazine groups is 1. The molecular weight excluding hydrogens is 386 g/mol. The fraction of sp³-hybridized carbons (Fsp3) is 0.214. The second kappa shape index (κ2) is 8.04. The number of pyridine rings is 1. The van der Waals surface area contributed by atoms with Crippen molar-refractivity contribution in [2.75, 3.05) is 13.7 Å². The molecular formula is C14H14BrN3O4S. The Morgan fingerprint density at radius 3 is 2.61 bits per heavy atom. The Hall–Kier alpha value is -1.97. The van der Waals surface area contributed by atoms with Gasteiger partial charge in [-0.25, -0.2) is 0 Å². The molecule has 2 N–H and O–H groups in total. The van der Waals surface area contributed by atoms with E-state index >= 15 is 0 Å². The van der Waals surface area contributed by atoms with Gasteiger partial charge in [0.05, 0.1) is 20.8 Å². The van der Waals surface area contributed by atoms with E-state index in [0.717, 1.165) is 3.79 Å². The van der Waals surface area contributed by atoms with E-state index in [2.05, 4.69) is 26.8 Å². The highest BCUT2D eigenvalue weighted by Gasteiger charge is 2.11. The highest BCUT2D eigenvalue weighted by molar-refractivity contribution is 9.11. The van der Waals surface area contributed by atoms with Crippen LogP contribution in [-0.4, -0.2) is 30.1 Å². The van der Waals surface area contributed by atoms with Crippen LogP contribution in [0.3, 0.4) is 0 Å². The fourth-order valence-corrected chi connectivity index (χ4v) is 2.99. The van der Waals surface area contributed by atoms with Crippen molar-refractivity contribution in [2.45, 2.75) is 6.54 Å². The van der Waals surface area contributed by atoms with E-state index in [1.54, 1.807) is 12.1 Å². The zero-order chi connectivity index (χ0) is 16.8. The summed E-state index contributed by atoms with van der Waals surface area (Å²) in [5, 5.41) is 0. The molecule has 0 unspecified atom stereocenters. The lowest BCUT2D eigenvalue weighted by Crippen LogP contribution is -2.41. The van der Waals surface area contributed by atoms with Gasteiger partial charge in [-0.2, -0.15) is 0 Å². The Balaban J connectivity index is 2.00. The predicted molar refractivity (Wildman–Crippen MR) is 89.5 cm³/mol. The summed E-state index contributed by atoms with van der Waals surface area (Å²) in [7, 11) is 1.53. The van der Waals surface area contributed by atoms with Crippen molar-refractivity contribution < 1.29 is 14.3 Å². The van der Waals surface area contributed by atoms with Gasteiger partial charge in [-0.15, -0.1) is 11.3 Å². The van der Waals surface area contributed by atoms with Gasteiger partial charge in [-0.3, -0.25) is 25.2 Å². The van der Waals surface area contributed by atoms with Crippen LogP contribution in [0.4, 0.5) is 0 Å². The van der Waals surface area contributed by atoms with Gasteiger partial charge in [-0.05, 0) is 34.1 Å². The molecule has 0 atom stereocenters.